The maximum Gasteiger partial charge on any atom is 0.338 e. The topological polar surface area (TPSA) is 107 Å². The lowest BCUT2D eigenvalue weighted by atomic mass is 10.0. The molecule has 0 saturated carbocycles. The molecule has 0 radical (unpaired) electrons. The molecule has 2 aromatic heterocycles. The van der Waals surface area contributed by atoms with Crippen LogP contribution in [0.15, 0.2) is 45.6 Å². The SMILES string of the molecule is CCc1cc2c(COC(=O)c3ccc4c(c3)nnn4CC)cc(=O)oc2cc1O. The van der Waals surface area contributed by atoms with Gasteiger partial charge in [-0.3, -0.25) is 0 Å². The molecule has 0 amide bonds. The van der Waals surface area contributed by atoms with Gasteiger partial charge < -0.3 is 14.3 Å². The molecule has 8 nitrogen and oxygen atoms in total. The third-order valence-electron chi connectivity index (χ3n) is 4.82. The van der Waals surface area contributed by atoms with Crippen LogP contribution < -0.4 is 5.63 Å². The molecule has 0 atom stereocenters. The second kappa shape index (κ2) is 7.38. The molecule has 2 aromatic carbocycles. The highest BCUT2D eigenvalue weighted by atomic mass is 16.5. The molecule has 1 N–H and O–H groups in total. The van der Waals surface area contributed by atoms with Crippen LogP contribution in [0.5, 0.6) is 5.75 Å². The first-order valence-corrected chi connectivity index (χ1v) is 9.29. The molecule has 0 saturated heterocycles. The summed E-state index contributed by atoms with van der Waals surface area (Å²) in [5.74, 6) is -0.473. The number of nitrogens with zero attached hydrogens (tertiary/aromatic N) is 3. The third-order valence-corrected chi connectivity index (χ3v) is 4.82. The Bertz CT molecular complexity index is 1290. The van der Waals surface area contributed by atoms with E-state index in [1.807, 2.05) is 13.8 Å². The van der Waals surface area contributed by atoms with E-state index < -0.39 is 11.6 Å². The van der Waals surface area contributed by atoms with Crippen LogP contribution in [0.4, 0.5) is 0 Å². The summed E-state index contributed by atoms with van der Waals surface area (Å²) in [6.45, 7) is 4.44. The Kier molecular flexibility index (Phi) is 4.75. The number of esters is 1. The molecule has 2 heterocycles. The van der Waals surface area contributed by atoms with E-state index in [0.29, 0.717) is 40.6 Å². The Morgan fingerprint density at radius 2 is 2.00 bits per heavy atom. The smallest absolute Gasteiger partial charge is 0.338 e. The third kappa shape index (κ3) is 3.44. The van der Waals surface area contributed by atoms with E-state index in [0.717, 1.165) is 5.52 Å². The summed E-state index contributed by atoms with van der Waals surface area (Å²) in [4.78, 5) is 24.4. The van der Waals surface area contributed by atoms with Crippen LogP contribution in [0.1, 0.15) is 35.3 Å². The van der Waals surface area contributed by atoms with Crippen LogP contribution in [0, 0.1) is 0 Å². The van der Waals surface area contributed by atoms with Crippen molar-refractivity contribution in [3.8, 4) is 5.75 Å². The number of aromatic hydroxyl groups is 1. The number of carbonyl (C=O) groups is 1. The number of phenols is 1. The maximum atomic E-state index is 12.5. The summed E-state index contributed by atoms with van der Waals surface area (Å²) < 4.78 is 12.3. The summed E-state index contributed by atoms with van der Waals surface area (Å²) in [6, 6.07) is 9.50. The van der Waals surface area contributed by atoms with E-state index in [1.165, 1.54) is 12.1 Å². The van der Waals surface area contributed by atoms with E-state index in [2.05, 4.69) is 10.3 Å². The van der Waals surface area contributed by atoms with Gasteiger partial charge in [-0.25, -0.2) is 14.3 Å². The van der Waals surface area contributed by atoms with Gasteiger partial charge in [0.15, 0.2) is 0 Å². The zero-order chi connectivity index (χ0) is 20.5. The average molecular weight is 393 g/mol. The van der Waals surface area contributed by atoms with Crippen molar-refractivity contribution in [2.75, 3.05) is 0 Å². The van der Waals surface area contributed by atoms with Gasteiger partial charge in [0.1, 0.15) is 23.5 Å². The number of hydrogen-bond acceptors (Lipinski definition) is 7. The second-order valence-electron chi connectivity index (χ2n) is 6.61. The molecule has 0 spiro atoms. The highest BCUT2D eigenvalue weighted by Gasteiger charge is 2.14. The van der Waals surface area contributed by atoms with E-state index in [-0.39, 0.29) is 17.9 Å². The number of aryl methyl sites for hydroxylation is 2. The van der Waals surface area contributed by atoms with Gasteiger partial charge in [-0.2, -0.15) is 0 Å². The second-order valence-corrected chi connectivity index (χ2v) is 6.61. The van der Waals surface area contributed by atoms with Gasteiger partial charge in [-0.05, 0) is 43.2 Å². The molecular weight excluding hydrogens is 374 g/mol. The molecule has 0 aliphatic carbocycles. The summed E-state index contributed by atoms with van der Waals surface area (Å²) in [5, 5.41) is 18.7. The lowest BCUT2D eigenvalue weighted by Crippen LogP contribution is -2.08. The molecule has 0 unspecified atom stereocenters. The minimum atomic E-state index is -0.579. The van der Waals surface area contributed by atoms with E-state index in [9.17, 15) is 14.7 Å². The van der Waals surface area contributed by atoms with Crippen LogP contribution in [-0.2, 0) is 24.3 Å². The molecule has 0 bridgehead atoms. The fourth-order valence-electron chi connectivity index (χ4n) is 3.27. The van der Waals surface area contributed by atoms with Gasteiger partial charge in [0.05, 0.1) is 11.1 Å². The Labute approximate surface area is 165 Å². The van der Waals surface area contributed by atoms with Crippen molar-refractivity contribution in [1.82, 2.24) is 15.0 Å². The molecule has 4 rings (SSSR count). The number of benzene rings is 2. The molecule has 4 aromatic rings. The normalized spacial score (nSPS) is 11.2. The highest BCUT2D eigenvalue weighted by Crippen LogP contribution is 2.27. The number of ether oxygens (including phenoxy) is 1. The molecular formula is C21H19N3O5. The van der Waals surface area contributed by atoms with Crippen molar-refractivity contribution in [1.29, 1.82) is 0 Å². The average Bonchev–Trinajstić information content (AvgIpc) is 3.13. The van der Waals surface area contributed by atoms with Gasteiger partial charge >= 0.3 is 11.6 Å². The van der Waals surface area contributed by atoms with Crippen molar-refractivity contribution >= 4 is 28.0 Å². The molecule has 0 aliphatic heterocycles. The van der Waals surface area contributed by atoms with Crippen molar-refractivity contribution < 1.29 is 19.1 Å². The monoisotopic (exact) mass is 393 g/mol. The summed E-state index contributed by atoms with van der Waals surface area (Å²) in [7, 11) is 0. The van der Waals surface area contributed by atoms with Gasteiger partial charge in [-0.15, -0.1) is 5.10 Å². The summed E-state index contributed by atoms with van der Waals surface area (Å²) in [5.41, 5.74) is 2.68. The summed E-state index contributed by atoms with van der Waals surface area (Å²) >= 11 is 0. The van der Waals surface area contributed by atoms with E-state index in [4.69, 9.17) is 9.15 Å². The van der Waals surface area contributed by atoms with Crippen molar-refractivity contribution in [2.45, 2.75) is 33.4 Å². The number of hydrogen-bond donors (Lipinski definition) is 1. The Morgan fingerprint density at radius 3 is 2.76 bits per heavy atom. The van der Waals surface area contributed by atoms with E-state index in [1.54, 1.807) is 28.9 Å². The Balaban J connectivity index is 1.62. The number of rotatable bonds is 5. The standard InChI is InChI=1S/C21H19N3O5/c1-3-12-7-15-14(9-20(26)29-19(15)10-18(12)25)11-28-21(27)13-5-6-17-16(8-13)22-23-24(17)4-2/h5-10,25H,3-4,11H2,1-2H3. The molecule has 8 heteroatoms. The van der Waals surface area contributed by atoms with Gasteiger partial charge in [0, 0.05) is 29.6 Å². The van der Waals surface area contributed by atoms with Gasteiger partial charge in [-0.1, -0.05) is 12.1 Å². The molecule has 0 aliphatic rings. The van der Waals surface area contributed by atoms with Crippen LogP contribution in [0.2, 0.25) is 0 Å². The first-order valence-electron chi connectivity index (χ1n) is 9.29. The van der Waals surface area contributed by atoms with Crippen LogP contribution >= 0.6 is 0 Å². The minimum Gasteiger partial charge on any atom is -0.508 e. The minimum absolute atomic E-state index is 0.0609. The first kappa shape index (κ1) is 18.7. The fourth-order valence-corrected chi connectivity index (χ4v) is 3.27. The fraction of sp³-hybridized carbons (Fsp3) is 0.238. The number of phenolic OH excluding ortho intramolecular Hbond substituents is 1. The Hall–Kier alpha value is -3.68. The lowest BCUT2D eigenvalue weighted by Gasteiger charge is -2.09. The van der Waals surface area contributed by atoms with Gasteiger partial charge in [0.25, 0.3) is 0 Å². The zero-order valence-electron chi connectivity index (χ0n) is 16.0. The first-order chi connectivity index (χ1) is 14.0. The number of fused-ring (bicyclic) bond motifs is 2. The lowest BCUT2D eigenvalue weighted by molar-refractivity contribution is 0.0474. The van der Waals surface area contributed by atoms with E-state index >= 15 is 0 Å². The zero-order valence-corrected chi connectivity index (χ0v) is 16.0. The number of carbonyl (C=O) groups excluding carboxylic acids is 1. The van der Waals surface area contributed by atoms with Gasteiger partial charge in [0.2, 0.25) is 0 Å². The quantitative estimate of drug-likeness (QED) is 0.410. The molecule has 29 heavy (non-hydrogen) atoms. The molecule has 148 valence electrons. The van der Waals surface area contributed by atoms with Crippen molar-refractivity contribution in [3.63, 3.8) is 0 Å². The largest absolute Gasteiger partial charge is 0.508 e. The van der Waals surface area contributed by atoms with Crippen LogP contribution in [0.3, 0.4) is 0 Å². The maximum absolute atomic E-state index is 12.5. The highest BCUT2D eigenvalue weighted by molar-refractivity contribution is 5.93. The number of aromatic nitrogens is 3. The van der Waals surface area contributed by atoms with Crippen molar-refractivity contribution in [3.05, 3.63) is 63.5 Å². The molecule has 0 fully saturated rings. The predicted molar refractivity (Wildman–Crippen MR) is 106 cm³/mol. The Morgan fingerprint density at radius 1 is 1.17 bits per heavy atom. The predicted octanol–water partition coefficient (Wildman–Crippen LogP) is 3.18. The van der Waals surface area contributed by atoms with Crippen molar-refractivity contribution in [2.24, 2.45) is 0 Å². The summed E-state index contributed by atoms with van der Waals surface area (Å²) in [6.07, 6.45) is 0.610. The van der Waals surface area contributed by atoms with Crippen LogP contribution in [0.25, 0.3) is 22.0 Å². The van der Waals surface area contributed by atoms with Crippen LogP contribution in [-0.4, -0.2) is 26.1 Å².